The Balaban J connectivity index is 0.000000647. The monoisotopic (exact) mass is 346 g/mol. The first-order chi connectivity index (χ1) is 11.5. The number of rotatable bonds is 3. The molecule has 0 fully saturated rings. The Bertz CT molecular complexity index is 755. The second kappa shape index (κ2) is 8.03. The summed E-state index contributed by atoms with van der Waals surface area (Å²) in [5.74, 6) is -0.505. The van der Waals surface area contributed by atoms with Crippen LogP contribution in [0.5, 0.6) is 0 Å². The Morgan fingerprint density at radius 2 is 1.96 bits per heavy atom. The van der Waals surface area contributed by atoms with E-state index in [1.54, 1.807) is 6.07 Å². The number of amides is 1. The van der Waals surface area contributed by atoms with Crippen molar-refractivity contribution in [3.8, 4) is 11.1 Å². The predicted octanol–water partition coefficient (Wildman–Crippen LogP) is 1.81. The number of anilines is 1. The summed E-state index contributed by atoms with van der Waals surface area (Å²) in [5, 5.41) is 0. The van der Waals surface area contributed by atoms with Gasteiger partial charge in [-0.1, -0.05) is 6.07 Å². The molecular formula is C17H22N4O2S. The maximum absolute atomic E-state index is 11.3. The van der Waals surface area contributed by atoms with Crippen molar-refractivity contribution in [2.24, 2.45) is 11.5 Å². The minimum Gasteiger partial charge on any atom is -0.398 e. The number of carbonyl (C=O) groups excluding carboxylic acids is 2. The summed E-state index contributed by atoms with van der Waals surface area (Å²) in [4.78, 5) is 23.4. The van der Waals surface area contributed by atoms with E-state index in [-0.39, 0.29) is 0 Å². The summed E-state index contributed by atoms with van der Waals surface area (Å²) < 4.78 is 0. The van der Waals surface area contributed by atoms with Crippen molar-refractivity contribution < 1.29 is 9.59 Å². The van der Waals surface area contributed by atoms with Gasteiger partial charge in [0.2, 0.25) is 0 Å². The van der Waals surface area contributed by atoms with Crippen LogP contribution in [0.2, 0.25) is 0 Å². The lowest BCUT2D eigenvalue weighted by atomic mass is 9.90. The van der Waals surface area contributed by atoms with Gasteiger partial charge in [0.1, 0.15) is 0 Å². The molecule has 128 valence electrons. The predicted molar refractivity (Wildman–Crippen MR) is 99.4 cm³/mol. The molecule has 2 aromatic rings. The van der Waals surface area contributed by atoms with E-state index in [9.17, 15) is 4.79 Å². The van der Waals surface area contributed by atoms with Crippen molar-refractivity contribution in [2.45, 2.75) is 32.2 Å². The van der Waals surface area contributed by atoms with Gasteiger partial charge in [0, 0.05) is 29.2 Å². The van der Waals surface area contributed by atoms with Crippen molar-refractivity contribution in [2.75, 3.05) is 5.73 Å². The van der Waals surface area contributed by atoms with Crippen LogP contribution in [0.25, 0.3) is 11.1 Å². The van der Waals surface area contributed by atoms with Gasteiger partial charge < -0.3 is 22.2 Å². The van der Waals surface area contributed by atoms with E-state index < -0.39 is 5.91 Å². The normalized spacial score (nSPS) is 12.8. The molecule has 1 heterocycles. The Morgan fingerprint density at radius 1 is 1.29 bits per heavy atom. The number of carbonyl (C=O) groups is 2. The Labute approximate surface area is 146 Å². The number of nitrogen functional groups attached to an aromatic ring is 1. The van der Waals surface area contributed by atoms with Crippen molar-refractivity contribution >= 4 is 29.8 Å². The second-order valence-corrected chi connectivity index (χ2v) is 5.83. The lowest BCUT2D eigenvalue weighted by Crippen LogP contribution is -2.13. The van der Waals surface area contributed by atoms with E-state index in [2.05, 4.69) is 17.6 Å². The van der Waals surface area contributed by atoms with Crippen LogP contribution in [-0.2, 0) is 24.2 Å². The minimum atomic E-state index is -0.505. The maximum Gasteiger partial charge on any atom is 0.250 e. The van der Waals surface area contributed by atoms with E-state index in [1.165, 1.54) is 24.1 Å². The maximum atomic E-state index is 11.3. The van der Waals surface area contributed by atoms with E-state index in [1.807, 2.05) is 12.1 Å². The molecule has 24 heavy (non-hydrogen) atoms. The van der Waals surface area contributed by atoms with Crippen LogP contribution in [0.3, 0.4) is 0 Å². The van der Waals surface area contributed by atoms with Gasteiger partial charge in [0.05, 0.1) is 5.56 Å². The third kappa shape index (κ3) is 3.63. The molecule has 1 aliphatic carbocycles. The number of aromatic nitrogens is 1. The van der Waals surface area contributed by atoms with Gasteiger partial charge in [0.25, 0.3) is 5.91 Å². The molecule has 0 saturated carbocycles. The summed E-state index contributed by atoms with van der Waals surface area (Å²) in [6, 6.07) is 5.40. The van der Waals surface area contributed by atoms with Gasteiger partial charge in [-0.15, -0.1) is 12.6 Å². The molecule has 0 spiro atoms. The number of fused-ring (bicyclic) bond motifs is 1. The van der Waals surface area contributed by atoms with Crippen LogP contribution in [0.1, 0.15) is 40.2 Å². The van der Waals surface area contributed by atoms with Crippen LogP contribution >= 0.6 is 12.6 Å². The van der Waals surface area contributed by atoms with Crippen LogP contribution < -0.4 is 17.2 Å². The van der Waals surface area contributed by atoms with Crippen molar-refractivity contribution in [1.82, 2.24) is 4.98 Å². The minimum absolute atomic E-state index is 0.359. The highest BCUT2D eigenvalue weighted by atomic mass is 32.1. The number of aryl methyl sites for hydroxylation is 1. The molecule has 0 radical (unpaired) electrons. The third-order valence-electron chi connectivity index (χ3n) is 4.18. The quantitative estimate of drug-likeness (QED) is 0.330. The number of primary amides is 1. The summed E-state index contributed by atoms with van der Waals surface area (Å²) in [6.45, 7) is 0.458. The molecule has 1 aliphatic rings. The molecule has 0 atom stereocenters. The summed E-state index contributed by atoms with van der Waals surface area (Å²) >= 11 is 3.11. The Morgan fingerprint density at radius 3 is 2.54 bits per heavy atom. The van der Waals surface area contributed by atoms with Crippen molar-refractivity contribution in [3.05, 3.63) is 40.7 Å². The fraction of sp³-hybridized carbons (Fsp3) is 0.294. The topological polar surface area (TPSA) is 128 Å². The molecule has 1 amide bonds. The Hall–Kier alpha value is -2.25. The zero-order valence-corrected chi connectivity index (χ0v) is 14.2. The van der Waals surface area contributed by atoms with E-state index in [0.29, 0.717) is 23.4 Å². The highest BCUT2D eigenvalue weighted by Gasteiger charge is 2.21. The Kier molecular flexibility index (Phi) is 6.05. The molecule has 1 aromatic carbocycles. The van der Waals surface area contributed by atoms with Gasteiger partial charge in [-0.3, -0.25) is 9.59 Å². The van der Waals surface area contributed by atoms with Crippen molar-refractivity contribution in [3.63, 3.8) is 0 Å². The van der Waals surface area contributed by atoms with Gasteiger partial charge >= 0.3 is 0 Å². The van der Waals surface area contributed by atoms with E-state index >= 15 is 0 Å². The molecule has 7 N–H and O–H groups in total. The fourth-order valence-corrected chi connectivity index (χ4v) is 3.19. The molecular weight excluding hydrogens is 324 g/mol. The number of nitrogens with two attached hydrogens (primary N) is 3. The summed E-state index contributed by atoms with van der Waals surface area (Å²) in [6.07, 6.45) is 4.52. The first-order valence-corrected chi connectivity index (χ1v) is 8.25. The summed E-state index contributed by atoms with van der Waals surface area (Å²) in [5.41, 5.74) is 24.2. The van der Waals surface area contributed by atoms with Gasteiger partial charge in [-0.25, -0.2) is 0 Å². The lowest BCUT2D eigenvalue weighted by molar-refractivity contribution is 0.100. The molecule has 0 aliphatic heterocycles. The smallest absolute Gasteiger partial charge is 0.250 e. The van der Waals surface area contributed by atoms with E-state index in [4.69, 9.17) is 22.0 Å². The van der Waals surface area contributed by atoms with Gasteiger partial charge in [-0.2, -0.15) is 0 Å². The number of benzene rings is 1. The number of H-pyrrole nitrogens is 1. The van der Waals surface area contributed by atoms with Gasteiger partial charge in [0.15, 0.2) is 5.62 Å². The second-order valence-electron chi connectivity index (χ2n) is 5.62. The standard InChI is InChI=1S/C16H20N4O.CH2OS/c17-8-14-15(11-3-1-2-4-13(11)20-14)9-5-6-10(16(19)21)12(18)7-9;2-1-3/h5-7,20H,1-4,8,17-18H2,(H2,19,21);1H,(H,2,3). The molecule has 7 heteroatoms. The SMILES string of the molecule is NCc1[nH]c2c(c1-c1ccc(C(N)=O)c(N)c1)CCCC2.O=CS. The fourth-order valence-electron chi connectivity index (χ4n) is 3.19. The first-order valence-electron chi connectivity index (χ1n) is 7.73. The van der Waals surface area contributed by atoms with Crippen LogP contribution in [0.15, 0.2) is 18.2 Å². The highest BCUT2D eigenvalue weighted by molar-refractivity contribution is 7.94. The molecule has 6 nitrogen and oxygen atoms in total. The van der Waals surface area contributed by atoms with Crippen LogP contribution in [0, 0.1) is 0 Å². The lowest BCUT2D eigenvalue weighted by Gasteiger charge is -2.14. The number of aromatic amines is 1. The first kappa shape index (κ1) is 18.1. The third-order valence-corrected chi connectivity index (χ3v) is 4.18. The average Bonchev–Trinajstić information content (AvgIpc) is 2.93. The average molecular weight is 346 g/mol. The molecule has 0 unspecified atom stereocenters. The molecule has 1 aromatic heterocycles. The molecule has 3 rings (SSSR count). The number of hydrogen-bond acceptors (Lipinski definition) is 4. The van der Waals surface area contributed by atoms with Crippen molar-refractivity contribution in [1.29, 1.82) is 0 Å². The van der Waals surface area contributed by atoms with Crippen LogP contribution in [0.4, 0.5) is 5.69 Å². The summed E-state index contributed by atoms with van der Waals surface area (Å²) in [7, 11) is 0. The van der Waals surface area contributed by atoms with E-state index in [0.717, 1.165) is 29.7 Å². The molecule has 0 saturated heterocycles. The molecule has 0 bridgehead atoms. The highest BCUT2D eigenvalue weighted by Crippen LogP contribution is 2.35. The number of thiol groups is 1. The number of nitrogens with one attached hydrogen (secondary N) is 1. The van der Waals surface area contributed by atoms with Crippen LogP contribution in [-0.4, -0.2) is 16.5 Å². The zero-order chi connectivity index (χ0) is 17.7. The number of hydrogen-bond donors (Lipinski definition) is 5. The largest absolute Gasteiger partial charge is 0.398 e. The zero-order valence-electron chi connectivity index (χ0n) is 13.3. The van der Waals surface area contributed by atoms with Gasteiger partial charge in [-0.05, 0) is 48.9 Å².